The molecule has 0 atom stereocenters. The zero-order valence-corrected chi connectivity index (χ0v) is 14.8. The molecule has 2 aliphatic heterocycles. The van der Waals surface area contributed by atoms with Crippen molar-refractivity contribution in [3.05, 3.63) is 40.3 Å². The van der Waals surface area contributed by atoms with E-state index in [2.05, 4.69) is 28.9 Å². The summed E-state index contributed by atoms with van der Waals surface area (Å²) in [7, 11) is 0. The fourth-order valence-electron chi connectivity index (χ4n) is 2.75. The lowest BCUT2D eigenvalue weighted by Gasteiger charge is -2.34. The molecule has 0 unspecified atom stereocenters. The van der Waals surface area contributed by atoms with Gasteiger partial charge in [-0.15, -0.1) is 0 Å². The van der Waals surface area contributed by atoms with E-state index in [1.165, 1.54) is 17.3 Å². The van der Waals surface area contributed by atoms with Gasteiger partial charge in [-0.25, -0.2) is 0 Å². The third-order valence-corrected chi connectivity index (χ3v) is 5.33. The molecule has 1 saturated heterocycles. The Bertz CT molecular complexity index is 701. The molecule has 1 aromatic rings. The predicted octanol–water partition coefficient (Wildman–Crippen LogP) is 2.38. The second kappa shape index (κ2) is 7.21. The molecule has 1 aromatic carbocycles. The highest BCUT2D eigenvalue weighted by atomic mass is 32.2. The van der Waals surface area contributed by atoms with Crippen molar-refractivity contribution in [1.82, 2.24) is 9.80 Å². The maximum atomic E-state index is 12.2. The van der Waals surface area contributed by atoms with Crippen LogP contribution < -0.4 is 0 Å². The molecule has 0 bridgehead atoms. The Hall–Kier alpha value is -2.08. The van der Waals surface area contributed by atoms with Crippen LogP contribution in [0.5, 0.6) is 0 Å². The van der Waals surface area contributed by atoms with E-state index < -0.39 is 0 Å². The van der Waals surface area contributed by atoms with Gasteiger partial charge >= 0.3 is 0 Å². The second-order valence-electron chi connectivity index (χ2n) is 5.90. The molecular formula is C18H21N3O2S. The van der Waals surface area contributed by atoms with E-state index in [4.69, 9.17) is 0 Å². The van der Waals surface area contributed by atoms with Crippen LogP contribution in [-0.4, -0.2) is 53.0 Å². The molecule has 1 fully saturated rings. The summed E-state index contributed by atoms with van der Waals surface area (Å²) >= 11 is 1.42. The molecule has 0 radical (unpaired) electrons. The van der Waals surface area contributed by atoms with E-state index in [9.17, 15) is 9.59 Å². The highest BCUT2D eigenvalue weighted by Gasteiger charge is 2.28. The van der Waals surface area contributed by atoms with Gasteiger partial charge in [0.1, 0.15) is 0 Å². The van der Waals surface area contributed by atoms with Gasteiger partial charge in [0.05, 0.1) is 4.91 Å². The van der Waals surface area contributed by atoms with Gasteiger partial charge in [-0.2, -0.15) is 4.99 Å². The molecule has 5 nitrogen and oxygen atoms in total. The van der Waals surface area contributed by atoms with Crippen molar-refractivity contribution in [2.45, 2.75) is 20.3 Å². The number of thioether (sulfide) groups is 1. The number of carbonyl (C=O) groups excluding carboxylic acids is 2. The van der Waals surface area contributed by atoms with Gasteiger partial charge in [0.2, 0.25) is 5.91 Å². The molecule has 2 heterocycles. The van der Waals surface area contributed by atoms with Gasteiger partial charge in [0.15, 0.2) is 5.17 Å². The van der Waals surface area contributed by atoms with Crippen molar-refractivity contribution in [3.63, 3.8) is 0 Å². The van der Waals surface area contributed by atoms with Crippen molar-refractivity contribution in [1.29, 1.82) is 0 Å². The third kappa shape index (κ3) is 3.70. The van der Waals surface area contributed by atoms with Crippen molar-refractivity contribution in [2.75, 3.05) is 26.2 Å². The van der Waals surface area contributed by atoms with Crippen LogP contribution in [-0.2, 0) is 16.0 Å². The first-order chi connectivity index (χ1) is 11.6. The molecule has 0 aromatic heterocycles. The summed E-state index contributed by atoms with van der Waals surface area (Å²) in [5.41, 5.74) is 2.30. The molecule has 0 aliphatic carbocycles. The maximum absolute atomic E-state index is 12.2. The predicted molar refractivity (Wildman–Crippen MR) is 97.7 cm³/mol. The fourth-order valence-corrected chi connectivity index (χ4v) is 3.71. The molecule has 24 heavy (non-hydrogen) atoms. The first-order valence-corrected chi connectivity index (χ1v) is 9.00. The number of benzene rings is 1. The van der Waals surface area contributed by atoms with Crippen LogP contribution in [0.4, 0.5) is 0 Å². The quantitative estimate of drug-likeness (QED) is 0.774. The van der Waals surface area contributed by atoms with Crippen molar-refractivity contribution >= 4 is 34.8 Å². The van der Waals surface area contributed by atoms with Crippen molar-refractivity contribution < 1.29 is 9.59 Å². The van der Waals surface area contributed by atoms with Gasteiger partial charge < -0.3 is 9.80 Å². The summed E-state index contributed by atoms with van der Waals surface area (Å²) in [5, 5.41) is 0.750. The van der Waals surface area contributed by atoms with Gasteiger partial charge in [0.25, 0.3) is 5.91 Å². The number of amides is 2. The highest BCUT2D eigenvalue weighted by Crippen LogP contribution is 2.30. The zero-order chi connectivity index (χ0) is 17.1. The number of amidine groups is 1. The normalized spacial score (nSPS) is 19.8. The lowest BCUT2D eigenvalue weighted by molar-refractivity contribution is -0.130. The lowest BCUT2D eigenvalue weighted by atomic mass is 10.1. The Morgan fingerprint density at radius 1 is 1.21 bits per heavy atom. The SMILES string of the molecule is CCc1ccc(/C=C2\SC(N3CCN(C(C)=O)CC3)=NC2=O)cc1. The van der Waals surface area contributed by atoms with E-state index in [0.29, 0.717) is 18.0 Å². The van der Waals surface area contributed by atoms with Crippen molar-refractivity contribution in [3.8, 4) is 0 Å². The summed E-state index contributed by atoms with van der Waals surface area (Å²) in [6.45, 7) is 6.51. The van der Waals surface area contributed by atoms with Gasteiger partial charge in [0, 0.05) is 33.1 Å². The minimum absolute atomic E-state index is 0.0999. The Balaban J connectivity index is 1.65. The number of rotatable bonds is 2. The second-order valence-corrected chi connectivity index (χ2v) is 6.91. The maximum Gasteiger partial charge on any atom is 0.286 e. The number of aliphatic imine (C=N–C) groups is 1. The Morgan fingerprint density at radius 3 is 2.46 bits per heavy atom. The highest BCUT2D eigenvalue weighted by molar-refractivity contribution is 8.18. The van der Waals surface area contributed by atoms with Crippen LogP contribution in [0.25, 0.3) is 6.08 Å². The summed E-state index contributed by atoms with van der Waals surface area (Å²) in [4.78, 5) is 32.3. The molecule has 126 valence electrons. The fraction of sp³-hybridized carbons (Fsp3) is 0.389. The summed E-state index contributed by atoms with van der Waals surface area (Å²) < 4.78 is 0. The lowest BCUT2D eigenvalue weighted by Crippen LogP contribution is -2.49. The van der Waals surface area contributed by atoms with E-state index in [1.54, 1.807) is 6.92 Å². The van der Waals surface area contributed by atoms with Crippen LogP contribution in [0.2, 0.25) is 0 Å². The van der Waals surface area contributed by atoms with Crippen LogP contribution in [0.15, 0.2) is 34.2 Å². The molecule has 2 amide bonds. The van der Waals surface area contributed by atoms with Crippen LogP contribution in [0.3, 0.4) is 0 Å². The van der Waals surface area contributed by atoms with E-state index in [0.717, 1.165) is 30.2 Å². The molecule has 2 aliphatic rings. The van der Waals surface area contributed by atoms with Crippen LogP contribution in [0.1, 0.15) is 25.0 Å². The Kier molecular flexibility index (Phi) is 5.04. The topological polar surface area (TPSA) is 53.0 Å². The average Bonchev–Trinajstić information content (AvgIpc) is 2.96. The Morgan fingerprint density at radius 2 is 1.88 bits per heavy atom. The number of hydrogen-bond donors (Lipinski definition) is 0. The minimum atomic E-state index is -0.177. The molecule has 0 spiro atoms. The van der Waals surface area contributed by atoms with E-state index in [-0.39, 0.29) is 11.8 Å². The average molecular weight is 343 g/mol. The first kappa shape index (κ1) is 16.8. The zero-order valence-electron chi connectivity index (χ0n) is 14.0. The number of aryl methyl sites for hydroxylation is 1. The standard InChI is InChI=1S/C18H21N3O2S/c1-3-14-4-6-15(7-5-14)12-16-17(23)19-18(24-16)21-10-8-20(9-11-21)13(2)22/h4-7,12H,3,8-11H2,1-2H3/b16-12-. The van der Waals surface area contributed by atoms with Gasteiger partial charge in [-0.1, -0.05) is 31.2 Å². The number of hydrogen-bond acceptors (Lipinski definition) is 4. The molecular weight excluding hydrogens is 322 g/mol. The van der Waals surface area contributed by atoms with E-state index >= 15 is 0 Å². The molecule has 6 heteroatoms. The molecule has 0 saturated carbocycles. The van der Waals surface area contributed by atoms with Crippen molar-refractivity contribution in [2.24, 2.45) is 4.99 Å². The molecule has 0 N–H and O–H groups in total. The third-order valence-electron chi connectivity index (χ3n) is 4.29. The number of carbonyl (C=O) groups is 2. The summed E-state index contributed by atoms with van der Waals surface area (Å²) in [6, 6.07) is 8.23. The molecule has 3 rings (SSSR count). The minimum Gasteiger partial charge on any atom is -0.347 e. The van der Waals surface area contributed by atoms with Gasteiger partial charge in [-0.05, 0) is 35.4 Å². The monoisotopic (exact) mass is 343 g/mol. The largest absolute Gasteiger partial charge is 0.347 e. The summed E-state index contributed by atoms with van der Waals surface area (Å²) in [6.07, 6.45) is 2.90. The summed E-state index contributed by atoms with van der Waals surface area (Å²) in [5.74, 6) is -0.0774. The first-order valence-electron chi connectivity index (χ1n) is 8.19. The number of nitrogens with zero attached hydrogens (tertiary/aromatic N) is 3. The smallest absolute Gasteiger partial charge is 0.286 e. The number of piperazine rings is 1. The van der Waals surface area contributed by atoms with Crippen LogP contribution >= 0.6 is 11.8 Å². The van der Waals surface area contributed by atoms with Crippen LogP contribution in [0, 0.1) is 0 Å². The Labute approximate surface area is 146 Å². The van der Waals surface area contributed by atoms with E-state index in [1.807, 2.05) is 23.1 Å². The van der Waals surface area contributed by atoms with Gasteiger partial charge in [-0.3, -0.25) is 9.59 Å².